The molecule has 1 heterocycles. The van der Waals surface area contributed by atoms with Gasteiger partial charge in [0.2, 0.25) is 0 Å². The third-order valence-electron chi connectivity index (χ3n) is 2.24. The Balaban J connectivity index is 2.52. The number of phenols is 1. The van der Waals surface area contributed by atoms with Crippen molar-refractivity contribution < 1.29 is 9.84 Å². The number of fused-ring (bicyclic) bond motifs is 1. The Bertz CT molecular complexity index is 339. The minimum atomic E-state index is -0.0600. The van der Waals surface area contributed by atoms with E-state index in [1.165, 1.54) is 0 Å². The molecule has 0 bridgehead atoms. The van der Waals surface area contributed by atoms with Crippen LogP contribution in [0.3, 0.4) is 0 Å². The molecule has 0 aliphatic carbocycles. The SMILES string of the molecule is Nc1cc2c(cc1O)[C@@H](N)CCO2. The maximum Gasteiger partial charge on any atom is 0.139 e. The van der Waals surface area contributed by atoms with Crippen LogP contribution in [0.25, 0.3) is 0 Å². The second kappa shape index (κ2) is 2.81. The van der Waals surface area contributed by atoms with Gasteiger partial charge in [-0.15, -0.1) is 0 Å². The Morgan fingerprint density at radius 1 is 1.46 bits per heavy atom. The van der Waals surface area contributed by atoms with E-state index in [9.17, 15) is 5.11 Å². The molecule has 0 spiro atoms. The van der Waals surface area contributed by atoms with Gasteiger partial charge in [0.25, 0.3) is 0 Å². The maximum atomic E-state index is 9.36. The van der Waals surface area contributed by atoms with Crippen LogP contribution in [0, 0.1) is 0 Å². The fourth-order valence-electron chi connectivity index (χ4n) is 1.47. The second-order valence-electron chi connectivity index (χ2n) is 3.19. The third kappa shape index (κ3) is 1.29. The summed E-state index contributed by atoms with van der Waals surface area (Å²) in [5.41, 5.74) is 12.5. The number of aromatic hydroxyl groups is 1. The second-order valence-corrected chi connectivity index (χ2v) is 3.19. The average Bonchev–Trinajstić information content (AvgIpc) is 2.09. The zero-order valence-corrected chi connectivity index (χ0v) is 7.16. The molecule has 0 amide bonds. The lowest BCUT2D eigenvalue weighted by Gasteiger charge is -2.23. The lowest BCUT2D eigenvalue weighted by Crippen LogP contribution is -2.20. The highest BCUT2D eigenvalue weighted by atomic mass is 16.5. The Morgan fingerprint density at radius 3 is 3.00 bits per heavy atom. The quantitative estimate of drug-likeness (QED) is 0.406. The minimum absolute atomic E-state index is 0.0600. The van der Waals surface area contributed by atoms with Gasteiger partial charge in [-0.2, -0.15) is 0 Å². The molecule has 5 N–H and O–H groups in total. The number of ether oxygens (including phenoxy) is 1. The number of hydrogen-bond acceptors (Lipinski definition) is 4. The molecular weight excluding hydrogens is 168 g/mol. The van der Waals surface area contributed by atoms with Gasteiger partial charge in [-0.25, -0.2) is 0 Å². The summed E-state index contributed by atoms with van der Waals surface area (Å²) in [5, 5.41) is 9.36. The van der Waals surface area contributed by atoms with Crippen LogP contribution in [0.1, 0.15) is 18.0 Å². The van der Waals surface area contributed by atoms with E-state index < -0.39 is 0 Å². The van der Waals surface area contributed by atoms with Crippen molar-refractivity contribution in [1.82, 2.24) is 0 Å². The van der Waals surface area contributed by atoms with Crippen molar-refractivity contribution in [3.05, 3.63) is 17.7 Å². The predicted octanol–water partition coefficient (Wildman–Crippen LogP) is 0.757. The summed E-state index contributed by atoms with van der Waals surface area (Å²) in [6, 6.07) is 3.13. The molecule has 0 saturated heterocycles. The fourth-order valence-corrected chi connectivity index (χ4v) is 1.47. The Kier molecular flexibility index (Phi) is 1.77. The largest absolute Gasteiger partial charge is 0.506 e. The third-order valence-corrected chi connectivity index (χ3v) is 2.24. The highest BCUT2D eigenvalue weighted by Gasteiger charge is 2.19. The van der Waals surface area contributed by atoms with E-state index in [1.54, 1.807) is 12.1 Å². The van der Waals surface area contributed by atoms with Gasteiger partial charge in [0.15, 0.2) is 0 Å². The van der Waals surface area contributed by atoms with Gasteiger partial charge in [0.05, 0.1) is 12.3 Å². The summed E-state index contributed by atoms with van der Waals surface area (Å²) >= 11 is 0. The molecule has 2 rings (SSSR count). The summed E-state index contributed by atoms with van der Waals surface area (Å²) in [6.07, 6.45) is 0.774. The predicted molar refractivity (Wildman–Crippen MR) is 49.6 cm³/mol. The van der Waals surface area contributed by atoms with Crippen molar-refractivity contribution >= 4 is 5.69 Å². The van der Waals surface area contributed by atoms with Crippen LogP contribution in [-0.2, 0) is 0 Å². The van der Waals surface area contributed by atoms with E-state index >= 15 is 0 Å². The van der Waals surface area contributed by atoms with Crippen LogP contribution in [-0.4, -0.2) is 11.7 Å². The molecule has 1 aromatic rings. The van der Waals surface area contributed by atoms with E-state index in [1.807, 2.05) is 0 Å². The maximum absolute atomic E-state index is 9.36. The van der Waals surface area contributed by atoms with Crippen LogP contribution < -0.4 is 16.2 Å². The molecule has 0 aromatic heterocycles. The molecule has 1 atom stereocenters. The monoisotopic (exact) mass is 180 g/mol. The van der Waals surface area contributed by atoms with Gasteiger partial charge in [-0.3, -0.25) is 0 Å². The average molecular weight is 180 g/mol. The first kappa shape index (κ1) is 8.19. The highest BCUT2D eigenvalue weighted by molar-refractivity contribution is 5.59. The van der Waals surface area contributed by atoms with Crippen LogP contribution in [0.2, 0.25) is 0 Å². The Labute approximate surface area is 76.1 Å². The number of rotatable bonds is 0. The van der Waals surface area contributed by atoms with Gasteiger partial charge >= 0.3 is 0 Å². The summed E-state index contributed by atoms with van der Waals surface area (Å²) in [6.45, 7) is 0.610. The first-order chi connectivity index (χ1) is 6.18. The van der Waals surface area contributed by atoms with Crippen molar-refractivity contribution in [2.45, 2.75) is 12.5 Å². The van der Waals surface area contributed by atoms with Crippen LogP contribution in [0.15, 0.2) is 12.1 Å². The van der Waals surface area contributed by atoms with Gasteiger partial charge in [0, 0.05) is 24.1 Å². The van der Waals surface area contributed by atoms with Gasteiger partial charge in [-0.05, 0) is 6.07 Å². The molecule has 0 radical (unpaired) electrons. The van der Waals surface area contributed by atoms with Crippen molar-refractivity contribution in [2.75, 3.05) is 12.3 Å². The molecule has 1 aliphatic rings. The standard InChI is InChI=1S/C9H12N2O2/c10-6-1-2-13-9-4-7(11)8(12)3-5(6)9/h3-4,6,12H,1-2,10-11H2/t6-/m0/s1. The van der Waals surface area contributed by atoms with E-state index in [-0.39, 0.29) is 11.8 Å². The van der Waals surface area contributed by atoms with Crippen molar-refractivity contribution in [3.63, 3.8) is 0 Å². The van der Waals surface area contributed by atoms with Gasteiger partial charge < -0.3 is 21.3 Å². The molecule has 13 heavy (non-hydrogen) atoms. The lowest BCUT2D eigenvalue weighted by atomic mass is 10.0. The van der Waals surface area contributed by atoms with Gasteiger partial charge in [-0.1, -0.05) is 0 Å². The minimum Gasteiger partial charge on any atom is -0.506 e. The molecule has 4 heteroatoms. The molecule has 0 fully saturated rings. The smallest absolute Gasteiger partial charge is 0.139 e. The molecule has 1 aromatic carbocycles. The summed E-state index contributed by atoms with van der Waals surface area (Å²) in [4.78, 5) is 0. The fraction of sp³-hybridized carbons (Fsp3) is 0.333. The van der Waals surface area contributed by atoms with Crippen LogP contribution in [0.4, 0.5) is 5.69 Å². The zero-order chi connectivity index (χ0) is 9.42. The number of anilines is 1. The van der Waals surface area contributed by atoms with E-state index in [0.717, 1.165) is 12.0 Å². The summed E-state index contributed by atoms with van der Waals surface area (Å²) in [7, 11) is 0. The molecule has 0 saturated carbocycles. The zero-order valence-electron chi connectivity index (χ0n) is 7.16. The molecule has 1 aliphatic heterocycles. The molecule has 70 valence electrons. The first-order valence-corrected chi connectivity index (χ1v) is 4.19. The lowest BCUT2D eigenvalue weighted by molar-refractivity contribution is 0.268. The molecular formula is C9H12N2O2. The number of benzene rings is 1. The first-order valence-electron chi connectivity index (χ1n) is 4.19. The Morgan fingerprint density at radius 2 is 2.23 bits per heavy atom. The Hall–Kier alpha value is -1.42. The molecule has 0 unspecified atom stereocenters. The van der Waals surface area contributed by atoms with Crippen molar-refractivity contribution in [2.24, 2.45) is 5.73 Å². The van der Waals surface area contributed by atoms with E-state index in [4.69, 9.17) is 16.2 Å². The van der Waals surface area contributed by atoms with E-state index in [0.29, 0.717) is 18.0 Å². The normalized spacial score (nSPS) is 20.5. The number of hydrogen-bond donors (Lipinski definition) is 3. The van der Waals surface area contributed by atoms with Crippen LogP contribution >= 0.6 is 0 Å². The van der Waals surface area contributed by atoms with Crippen molar-refractivity contribution in [3.8, 4) is 11.5 Å². The molecule has 4 nitrogen and oxygen atoms in total. The van der Waals surface area contributed by atoms with Crippen molar-refractivity contribution in [1.29, 1.82) is 0 Å². The summed E-state index contributed by atoms with van der Waals surface area (Å²) < 4.78 is 5.36. The van der Waals surface area contributed by atoms with Gasteiger partial charge in [0.1, 0.15) is 11.5 Å². The topological polar surface area (TPSA) is 81.5 Å². The number of nitrogen functional groups attached to an aromatic ring is 1. The number of phenolic OH excluding ortho intramolecular Hbond substituents is 1. The summed E-state index contributed by atoms with van der Waals surface area (Å²) in [5.74, 6) is 0.758. The van der Waals surface area contributed by atoms with E-state index in [2.05, 4.69) is 0 Å². The highest BCUT2D eigenvalue weighted by Crippen LogP contribution is 2.36. The van der Waals surface area contributed by atoms with Crippen LogP contribution in [0.5, 0.6) is 11.5 Å². The number of nitrogens with two attached hydrogens (primary N) is 2.